The molecule has 0 unspecified atom stereocenters. The molecule has 0 aliphatic rings. The Morgan fingerprint density at radius 1 is 0.724 bits per heavy atom. The zero-order valence-corrected chi connectivity index (χ0v) is 17.1. The Morgan fingerprint density at radius 3 is 2.21 bits per heavy atom. The van der Waals surface area contributed by atoms with Crippen molar-refractivity contribution >= 4 is 0 Å². The summed E-state index contributed by atoms with van der Waals surface area (Å²) in [7, 11) is 0. The number of unbranched alkanes of at least 4 members (excludes halogenated alkanes) is 5. The first-order valence-electron chi connectivity index (χ1n) is 10.4. The summed E-state index contributed by atoms with van der Waals surface area (Å²) in [6, 6.07) is 13.8. The number of hydrogen-bond donors (Lipinski definition) is 0. The third kappa shape index (κ3) is 7.18. The van der Waals surface area contributed by atoms with Gasteiger partial charge < -0.3 is 9.47 Å². The smallest absolute Gasteiger partial charge is 0.213 e. The highest BCUT2D eigenvalue weighted by molar-refractivity contribution is 5.53. The zero-order chi connectivity index (χ0) is 20.2. The molecule has 152 valence electrons. The summed E-state index contributed by atoms with van der Waals surface area (Å²) in [6.45, 7) is 3.44. The SMILES string of the molecule is CCCCCCCCOc1ccc(-c2ncc(OCc3ccccc3)cn2)cn1. The lowest BCUT2D eigenvalue weighted by Gasteiger charge is -2.07. The Hall–Kier alpha value is -2.95. The van der Waals surface area contributed by atoms with E-state index < -0.39 is 0 Å². The molecule has 29 heavy (non-hydrogen) atoms. The minimum atomic E-state index is 0.496. The van der Waals surface area contributed by atoms with E-state index >= 15 is 0 Å². The van der Waals surface area contributed by atoms with E-state index in [1.165, 1.54) is 32.1 Å². The highest BCUT2D eigenvalue weighted by Gasteiger charge is 2.04. The predicted molar refractivity (Wildman–Crippen MR) is 115 cm³/mol. The van der Waals surface area contributed by atoms with E-state index in [2.05, 4.69) is 21.9 Å². The van der Waals surface area contributed by atoms with Crippen molar-refractivity contribution in [3.63, 3.8) is 0 Å². The van der Waals surface area contributed by atoms with Crippen molar-refractivity contribution in [3.8, 4) is 23.0 Å². The second-order valence-corrected chi connectivity index (χ2v) is 7.02. The summed E-state index contributed by atoms with van der Waals surface area (Å²) >= 11 is 0. The molecule has 0 amide bonds. The van der Waals surface area contributed by atoms with E-state index in [1.54, 1.807) is 18.6 Å². The Morgan fingerprint density at radius 2 is 1.48 bits per heavy atom. The van der Waals surface area contributed by atoms with Gasteiger partial charge in [0.15, 0.2) is 11.6 Å². The Bertz CT molecular complexity index is 821. The molecule has 0 aliphatic heterocycles. The minimum absolute atomic E-state index is 0.496. The molecule has 3 aromatic rings. The lowest BCUT2D eigenvalue weighted by molar-refractivity contribution is 0.293. The molecule has 0 spiro atoms. The van der Waals surface area contributed by atoms with Gasteiger partial charge in [-0.25, -0.2) is 15.0 Å². The standard InChI is InChI=1S/C24H29N3O2/c1-2-3-4-5-6-10-15-28-23-14-13-21(16-25-23)24-26-17-22(18-27-24)29-19-20-11-8-7-9-12-20/h7-9,11-14,16-18H,2-6,10,15,19H2,1H3. The van der Waals surface area contributed by atoms with E-state index in [0.29, 0.717) is 30.7 Å². The molecular formula is C24H29N3O2. The normalized spacial score (nSPS) is 10.7. The fourth-order valence-electron chi connectivity index (χ4n) is 2.94. The molecule has 0 aliphatic carbocycles. The van der Waals surface area contributed by atoms with Gasteiger partial charge in [-0.3, -0.25) is 0 Å². The van der Waals surface area contributed by atoms with Gasteiger partial charge in [0.25, 0.3) is 0 Å². The van der Waals surface area contributed by atoms with Crippen LogP contribution in [0.15, 0.2) is 61.1 Å². The maximum atomic E-state index is 5.73. The second-order valence-electron chi connectivity index (χ2n) is 7.02. The molecule has 0 atom stereocenters. The Balaban J connectivity index is 1.43. The second kappa shape index (κ2) is 11.8. The van der Waals surface area contributed by atoms with Crippen LogP contribution in [0.3, 0.4) is 0 Å². The maximum Gasteiger partial charge on any atom is 0.213 e. The van der Waals surface area contributed by atoms with Crippen LogP contribution < -0.4 is 9.47 Å². The monoisotopic (exact) mass is 391 g/mol. The first kappa shape index (κ1) is 20.8. The lowest BCUT2D eigenvalue weighted by Crippen LogP contribution is -2.00. The van der Waals surface area contributed by atoms with Crippen molar-refractivity contribution in [2.45, 2.75) is 52.1 Å². The quantitative estimate of drug-likeness (QED) is 0.362. The summed E-state index contributed by atoms with van der Waals surface area (Å²) in [6.07, 6.45) is 12.6. The van der Waals surface area contributed by atoms with Crippen molar-refractivity contribution in [2.24, 2.45) is 0 Å². The molecule has 1 aromatic carbocycles. The average Bonchev–Trinajstić information content (AvgIpc) is 2.79. The summed E-state index contributed by atoms with van der Waals surface area (Å²) in [5.41, 5.74) is 1.96. The number of aromatic nitrogens is 3. The zero-order valence-electron chi connectivity index (χ0n) is 17.1. The summed E-state index contributed by atoms with van der Waals surface area (Å²) in [5, 5.41) is 0. The van der Waals surface area contributed by atoms with Crippen molar-refractivity contribution in [3.05, 3.63) is 66.6 Å². The molecular weight excluding hydrogens is 362 g/mol. The molecule has 2 heterocycles. The van der Waals surface area contributed by atoms with Gasteiger partial charge in [-0.1, -0.05) is 69.4 Å². The lowest BCUT2D eigenvalue weighted by atomic mass is 10.1. The fraction of sp³-hybridized carbons (Fsp3) is 0.375. The fourth-order valence-corrected chi connectivity index (χ4v) is 2.94. The molecule has 3 rings (SSSR count). The number of benzene rings is 1. The number of nitrogens with zero attached hydrogens (tertiary/aromatic N) is 3. The topological polar surface area (TPSA) is 57.1 Å². The van der Waals surface area contributed by atoms with Gasteiger partial charge in [-0.2, -0.15) is 0 Å². The van der Waals surface area contributed by atoms with Crippen LogP contribution in [0.5, 0.6) is 11.6 Å². The molecule has 5 nitrogen and oxygen atoms in total. The van der Waals surface area contributed by atoms with E-state index in [0.717, 1.165) is 17.5 Å². The average molecular weight is 392 g/mol. The van der Waals surface area contributed by atoms with Gasteiger partial charge in [-0.15, -0.1) is 0 Å². The first-order chi connectivity index (χ1) is 14.3. The molecule has 2 aromatic heterocycles. The number of rotatable bonds is 12. The minimum Gasteiger partial charge on any atom is -0.486 e. The van der Waals surface area contributed by atoms with Crippen molar-refractivity contribution in [1.82, 2.24) is 15.0 Å². The third-order valence-electron chi connectivity index (χ3n) is 4.62. The largest absolute Gasteiger partial charge is 0.486 e. The maximum absolute atomic E-state index is 5.73. The van der Waals surface area contributed by atoms with Crippen LogP contribution in [0, 0.1) is 0 Å². The molecule has 0 radical (unpaired) electrons. The molecule has 5 heteroatoms. The molecule has 0 fully saturated rings. The highest BCUT2D eigenvalue weighted by atomic mass is 16.5. The third-order valence-corrected chi connectivity index (χ3v) is 4.62. The first-order valence-corrected chi connectivity index (χ1v) is 10.4. The van der Waals surface area contributed by atoms with Crippen molar-refractivity contribution in [1.29, 1.82) is 0 Å². The Labute approximate surface area is 173 Å². The van der Waals surface area contributed by atoms with E-state index in [1.807, 2.05) is 42.5 Å². The van der Waals surface area contributed by atoms with Crippen molar-refractivity contribution < 1.29 is 9.47 Å². The molecule has 0 saturated carbocycles. The highest BCUT2D eigenvalue weighted by Crippen LogP contribution is 2.19. The van der Waals surface area contributed by atoms with Gasteiger partial charge in [0.1, 0.15) is 6.61 Å². The molecule has 0 bridgehead atoms. The summed E-state index contributed by atoms with van der Waals surface area (Å²) in [5.74, 6) is 1.90. The van der Waals surface area contributed by atoms with Crippen LogP contribution in [0.4, 0.5) is 0 Å². The van der Waals surface area contributed by atoms with E-state index in [4.69, 9.17) is 9.47 Å². The van der Waals surface area contributed by atoms with Crippen molar-refractivity contribution in [2.75, 3.05) is 6.61 Å². The van der Waals surface area contributed by atoms with Gasteiger partial charge in [0.05, 0.1) is 19.0 Å². The van der Waals surface area contributed by atoms with Crippen LogP contribution in [0.1, 0.15) is 51.0 Å². The van der Waals surface area contributed by atoms with E-state index in [9.17, 15) is 0 Å². The van der Waals surface area contributed by atoms with Crippen LogP contribution in [-0.2, 0) is 6.61 Å². The van der Waals surface area contributed by atoms with Crippen LogP contribution in [0.25, 0.3) is 11.4 Å². The van der Waals surface area contributed by atoms with Gasteiger partial charge in [0.2, 0.25) is 5.88 Å². The molecule has 0 N–H and O–H groups in total. The van der Waals surface area contributed by atoms with Gasteiger partial charge in [0, 0.05) is 17.8 Å². The number of pyridine rings is 1. The predicted octanol–water partition coefficient (Wildman–Crippen LogP) is 5.86. The summed E-state index contributed by atoms with van der Waals surface area (Å²) in [4.78, 5) is 13.1. The van der Waals surface area contributed by atoms with Crippen LogP contribution in [-0.4, -0.2) is 21.6 Å². The molecule has 0 saturated heterocycles. The van der Waals surface area contributed by atoms with Gasteiger partial charge >= 0.3 is 0 Å². The Kier molecular flexibility index (Phi) is 8.45. The number of hydrogen-bond acceptors (Lipinski definition) is 5. The van der Waals surface area contributed by atoms with Gasteiger partial charge in [-0.05, 0) is 18.1 Å². The summed E-state index contributed by atoms with van der Waals surface area (Å²) < 4.78 is 11.5. The van der Waals surface area contributed by atoms with E-state index in [-0.39, 0.29) is 0 Å². The van der Waals surface area contributed by atoms with Crippen LogP contribution >= 0.6 is 0 Å². The number of ether oxygens (including phenoxy) is 2. The van der Waals surface area contributed by atoms with Crippen LogP contribution in [0.2, 0.25) is 0 Å².